The van der Waals surface area contributed by atoms with Gasteiger partial charge in [-0.25, -0.2) is 4.98 Å². The van der Waals surface area contributed by atoms with Gasteiger partial charge in [0.15, 0.2) is 0 Å². The second kappa shape index (κ2) is 6.14. The fourth-order valence-corrected chi connectivity index (χ4v) is 2.70. The molecule has 4 aromatic rings. The van der Waals surface area contributed by atoms with E-state index in [2.05, 4.69) is 15.1 Å². The van der Waals surface area contributed by atoms with E-state index in [0.29, 0.717) is 27.6 Å². The Labute approximate surface area is 147 Å². The van der Waals surface area contributed by atoms with Gasteiger partial charge < -0.3 is 4.52 Å². The molecule has 0 amide bonds. The van der Waals surface area contributed by atoms with Crippen LogP contribution in [-0.2, 0) is 6.54 Å². The highest BCUT2D eigenvalue weighted by atomic mass is 35.5. The largest absolute Gasteiger partial charge is 0.337 e. The smallest absolute Gasteiger partial charge is 0.261 e. The maximum absolute atomic E-state index is 12.5. The quantitative estimate of drug-likeness (QED) is 0.564. The van der Waals surface area contributed by atoms with Crippen molar-refractivity contribution in [2.45, 2.75) is 13.5 Å². The Balaban J connectivity index is 1.66. The van der Waals surface area contributed by atoms with Crippen molar-refractivity contribution in [3.63, 3.8) is 0 Å². The Hall–Kier alpha value is -2.99. The summed E-state index contributed by atoms with van der Waals surface area (Å²) in [6.07, 6.45) is 1.46. The molecule has 0 saturated heterocycles. The Morgan fingerprint density at radius 3 is 2.76 bits per heavy atom. The number of fused-ring (bicyclic) bond motifs is 1. The zero-order valence-electron chi connectivity index (χ0n) is 13.3. The molecule has 124 valence electrons. The monoisotopic (exact) mass is 352 g/mol. The molecule has 0 unspecified atom stereocenters. The van der Waals surface area contributed by atoms with Crippen LogP contribution in [-0.4, -0.2) is 19.7 Å². The molecule has 0 atom stereocenters. The van der Waals surface area contributed by atoms with Gasteiger partial charge in [-0.05, 0) is 25.1 Å². The van der Waals surface area contributed by atoms with E-state index in [1.807, 2.05) is 31.2 Å². The summed E-state index contributed by atoms with van der Waals surface area (Å²) >= 11 is 5.93. The van der Waals surface area contributed by atoms with Crippen molar-refractivity contribution in [3.05, 3.63) is 75.6 Å². The van der Waals surface area contributed by atoms with Crippen molar-refractivity contribution >= 4 is 22.5 Å². The van der Waals surface area contributed by atoms with Crippen molar-refractivity contribution in [3.8, 4) is 11.4 Å². The average Bonchev–Trinajstić information content (AvgIpc) is 3.06. The third kappa shape index (κ3) is 3.04. The summed E-state index contributed by atoms with van der Waals surface area (Å²) in [4.78, 5) is 21.2. The van der Waals surface area contributed by atoms with Gasteiger partial charge >= 0.3 is 0 Å². The van der Waals surface area contributed by atoms with Gasteiger partial charge in [-0.3, -0.25) is 9.36 Å². The van der Waals surface area contributed by atoms with E-state index in [-0.39, 0.29) is 12.1 Å². The number of aromatic nitrogens is 4. The maximum Gasteiger partial charge on any atom is 0.261 e. The van der Waals surface area contributed by atoms with Crippen LogP contribution in [0, 0.1) is 6.92 Å². The molecule has 0 N–H and O–H groups in total. The van der Waals surface area contributed by atoms with Crippen LogP contribution in [0.5, 0.6) is 0 Å². The van der Waals surface area contributed by atoms with E-state index < -0.39 is 0 Å². The lowest BCUT2D eigenvalue weighted by molar-refractivity contribution is 0.369. The molecule has 7 heteroatoms. The van der Waals surface area contributed by atoms with Gasteiger partial charge in [-0.1, -0.05) is 46.6 Å². The predicted molar refractivity (Wildman–Crippen MR) is 94.6 cm³/mol. The lowest BCUT2D eigenvalue weighted by atomic mass is 10.1. The van der Waals surface area contributed by atoms with Crippen LogP contribution in [0.15, 0.2) is 58.1 Å². The number of halogens is 1. The minimum atomic E-state index is -0.184. The molecule has 0 aliphatic rings. The molecular formula is C18H13ClN4O2. The van der Waals surface area contributed by atoms with Crippen molar-refractivity contribution in [2.75, 3.05) is 0 Å². The lowest BCUT2D eigenvalue weighted by Crippen LogP contribution is -2.21. The molecule has 25 heavy (non-hydrogen) atoms. The predicted octanol–water partition coefficient (Wildman–Crippen LogP) is 3.46. The zero-order chi connectivity index (χ0) is 17.4. The minimum Gasteiger partial charge on any atom is -0.337 e. The molecule has 2 heterocycles. The van der Waals surface area contributed by atoms with Crippen molar-refractivity contribution in [2.24, 2.45) is 0 Å². The normalized spacial score (nSPS) is 11.1. The average molecular weight is 353 g/mol. The summed E-state index contributed by atoms with van der Waals surface area (Å²) in [5, 5.41) is 5.01. The Kier molecular flexibility index (Phi) is 3.82. The Morgan fingerprint density at radius 1 is 1.16 bits per heavy atom. The molecule has 2 aromatic carbocycles. The van der Waals surface area contributed by atoms with Crippen molar-refractivity contribution in [1.82, 2.24) is 19.7 Å². The van der Waals surface area contributed by atoms with Crippen LogP contribution in [0.25, 0.3) is 22.3 Å². The van der Waals surface area contributed by atoms with E-state index in [1.54, 1.807) is 18.2 Å². The maximum atomic E-state index is 12.5. The first kappa shape index (κ1) is 15.5. The molecule has 0 spiro atoms. The first-order valence-electron chi connectivity index (χ1n) is 7.64. The highest BCUT2D eigenvalue weighted by Crippen LogP contribution is 2.17. The van der Waals surface area contributed by atoms with Gasteiger partial charge in [0.05, 0.1) is 17.2 Å². The number of hydrogen-bond acceptors (Lipinski definition) is 5. The van der Waals surface area contributed by atoms with E-state index >= 15 is 0 Å². The van der Waals surface area contributed by atoms with Gasteiger partial charge in [-0.15, -0.1) is 0 Å². The number of nitrogens with zero attached hydrogens (tertiary/aromatic N) is 4. The third-order valence-corrected chi connectivity index (χ3v) is 4.11. The van der Waals surface area contributed by atoms with Crippen LogP contribution in [0.1, 0.15) is 11.5 Å². The summed E-state index contributed by atoms with van der Waals surface area (Å²) < 4.78 is 6.70. The molecule has 0 aliphatic heterocycles. The standard InChI is InChI=1S/C18H13ClN4O2/c1-11-2-4-12(5-3-11)17-21-16(25-22-17)9-23-10-20-15-8-13(19)6-7-14(15)18(23)24/h2-8,10H,9H2,1H3. The van der Waals surface area contributed by atoms with E-state index in [9.17, 15) is 4.79 Å². The SMILES string of the molecule is Cc1ccc(-c2noc(Cn3cnc4cc(Cl)ccc4c3=O)n2)cc1. The Bertz CT molecular complexity index is 1120. The van der Waals surface area contributed by atoms with Crippen LogP contribution >= 0.6 is 11.6 Å². The first-order valence-corrected chi connectivity index (χ1v) is 8.02. The zero-order valence-corrected chi connectivity index (χ0v) is 14.1. The van der Waals surface area contributed by atoms with Crippen molar-refractivity contribution < 1.29 is 4.52 Å². The first-order chi connectivity index (χ1) is 12.1. The Morgan fingerprint density at radius 2 is 1.96 bits per heavy atom. The molecule has 2 aromatic heterocycles. The fourth-order valence-electron chi connectivity index (χ4n) is 2.53. The highest BCUT2D eigenvalue weighted by molar-refractivity contribution is 6.31. The van der Waals surface area contributed by atoms with Gasteiger partial charge in [0.1, 0.15) is 6.54 Å². The van der Waals surface area contributed by atoms with E-state index in [1.165, 1.54) is 10.9 Å². The molecular weight excluding hydrogens is 340 g/mol. The fraction of sp³-hybridized carbons (Fsp3) is 0.111. The summed E-state index contributed by atoms with van der Waals surface area (Å²) in [7, 11) is 0. The molecule has 4 rings (SSSR count). The second-order valence-corrected chi connectivity index (χ2v) is 6.15. The van der Waals surface area contributed by atoms with Gasteiger partial charge in [0, 0.05) is 10.6 Å². The van der Waals surface area contributed by atoms with Crippen LogP contribution in [0.3, 0.4) is 0 Å². The summed E-state index contributed by atoms with van der Waals surface area (Å²) in [6, 6.07) is 12.8. The van der Waals surface area contributed by atoms with Crippen LogP contribution in [0.4, 0.5) is 0 Å². The van der Waals surface area contributed by atoms with Crippen LogP contribution < -0.4 is 5.56 Å². The molecule has 0 bridgehead atoms. The van der Waals surface area contributed by atoms with E-state index in [0.717, 1.165) is 11.1 Å². The van der Waals surface area contributed by atoms with E-state index in [4.69, 9.17) is 16.1 Å². The minimum absolute atomic E-state index is 0.156. The van der Waals surface area contributed by atoms with Crippen molar-refractivity contribution in [1.29, 1.82) is 0 Å². The third-order valence-electron chi connectivity index (χ3n) is 3.87. The molecule has 0 saturated carbocycles. The topological polar surface area (TPSA) is 73.8 Å². The van der Waals surface area contributed by atoms with Gasteiger partial charge in [-0.2, -0.15) is 4.98 Å². The molecule has 0 aliphatic carbocycles. The summed E-state index contributed by atoms with van der Waals surface area (Å²) in [5.74, 6) is 0.830. The van der Waals surface area contributed by atoms with Gasteiger partial charge in [0.25, 0.3) is 5.56 Å². The summed E-state index contributed by atoms with van der Waals surface area (Å²) in [6.45, 7) is 2.17. The molecule has 0 radical (unpaired) electrons. The van der Waals surface area contributed by atoms with Gasteiger partial charge in [0.2, 0.25) is 11.7 Å². The number of aryl methyl sites for hydroxylation is 1. The number of rotatable bonds is 3. The second-order valence-electron chi connectivity index (χ2n) is 5.72. The number of hydrogen-bond donors (Lipinski definition) is 0. The summed E-state index contributed by atoms with van der Waals surface area (Å²) in [5.41, 5.74) is 2.39. The lowest BCUT2D eigenvalue weighted by Gasteiger charge is -2.03. The molecule has 6 nitrogen and oxygen atoms in total. The van der Waals surface area contributed by atoms with Crippen LogP contribution in [0.2, 0.25) is 5.02 Å². The molecule has 0 fully saturated rings. The highest BCUT2D eigenvalue weighted by Gasteiger charge is 2.11. The number of benzene rings is 2.